The molecule has 0 bridgehead atoms. The molecule has 1 atom stereocenters. The Morgan fingerprint density at radius 1 is 1.06 bits per heavy atom. The van der Waals surface area contributed by atoms with Gasteiger partial charge in [0, 0.05) is 30.4 Å². The van der Waals surface area contributed by atoms with Crippen LogP contribution in [0.5, 0.6) is 0 Å². The molecule has 1 saturated heterocycles. The summed E-state index contributed by atoms with van der Waals surface area (Å²) in [5.41, 5.74) is 21.0. The van der Waals surface area contributed by atoms with Crippen LogP contribution >= 0.6 is 23.4 Å². The van der Waals surface area contributed by atoms with E-state index >= 15 is 0 Å². The third-order valence-corrected chi connectivity index (χ3v) is 7.92. The molecular weight excluding hydrogens is 432 g/mol. The highest BCUT2D eigenvalue weighted by Crippen LogP contribution is 2.50. The Kier molecular flexibility index (Phi) is 5.11. The topological polar surface area (TPSA) is 133 Å². The van der Waals surface area contributed by atoms with E-state index in [1.165, 1.54) is 17.3 Å². The fourth-order valence-electron chi connectivity index (χ4n) is 4.57. The fourth-order valence-corrected chi connectivity index (χ4v) is 5.58. The number of nitrogen functional groups attached to an aromatic ring is 2. The second-order valence-electron chi connectivity index (χ2n) is 8.08. The molecule has 4 heterocycles. The number of fused-ring (bicyclic) bond motifs is 1. The van der Waals surface area contributed by atoms with Gasteiger partial charge in [-0.15, -0.1) is 0 Å². The lowest BCUT2D eigenvalue weighted by Crippen LogP contribution is -2.44. The summed E-state index contributed by atoms with van der Waals surface area (Å²) >= 11 is 7.56. The average Bonchev–Trinajstić information content (AvgIpc) is 3.05. The van der Waals surface area contributed by atoms with E-state index in [4.69, 9.17) is 28.8 Å². The van der Waals surface area contributed by atoms with Crippen molar-refractivity contribution in [3.05, 3.63) is 53.1 Å². The quantitative estimate of drug-likeness (QED) is 0.545. The van der Waals surface area contributed by atoms with Gasteiger partial charge in [0.05, 0.1) is 23.0 Å². The highest BCUT2D eigenvalue weighted by molar-refractivity contribution is 7.99. The molecule has 0 unspecified atom stereocenters. The molecule has 0 saturated carbocycles. The van der Waals surface area contributed by atoms with E-state index in [1.807, 2.05) is 12.3 Å². The van der Waals surface area contributed by atoms with E-state index in [0.29, 0.717) is 15.9 Å². The first kappa shape index (κ1) is 20.3. The van der Waals surface area contributed by atoms with Gasteiger partial charge in [-0.1, -0.05) is 29.4 Å². The standard InChI is InChI=1S/C21H23ClN8S/c22-15-13(3-7-27-18(15)24)31-20-19(25)29-14(11-28-20)30-8-4-21(5-9-30)10-12-2-1-6-26-16(12)17(21)23/h1-3,6-7,11,17H,4-5,8-10,23H2,(H2,24,27)(H2,25,29)/t17-/m1/s1. The summed E-state index contributed by atoms with van der Waals surface area (Å²) in [7, 11) is 0. The molecule has 1 aliphatic carbocycles. The van der Waals surface area contributed by atoms with Crippen molar-refractivity contribution in [1.29, 1.82) is 0 Å². The minimum atomic E-state index is -0.0154. The summed E-state index contributed by atoms with van der Waals surface area (Å²) in [4.78, 5) is 20.6. The Labute approximate surface area is 189 Å². The SMILES string of the molecule is Nc1nc(N2CCC3(CC2)Cc2cccnc2[C@H]3N)cnc1Sc1ccnc(N)c1Cl. The number of halogens is 1. The number of anilines is 3. The lowest BCUT2D eigenvalue weighted by Gasteiger charge is -2.42. The van der Waals surface area contributed by atoms with Crippen molar-refractivity contribution in [2.24, 2.45) is 11.1 Å². The molecule has 31 heavy (non-hydrogen) atoms. The molecule has 160 valence electrons. The Balaban J connectivity index is 1.29. The number of rotatable bonds is 3. The van der Waals surface area contributed by atoms with Crippen molar-refractivity contribution in [1.82, 2.24) is 19.9 Å². The van der Waals surface area contributed by atoms with Crippen LogP contribution in [0.2, 0.25) is 5.02 Å². The Morgan fingerprint density at radius 3 is 2.61 bits per heavy atom. The van der Waals surface area contributed by atoms with Crippen molar-refractivity contribution in [2.75, 3.05) is 29.5 Å². The van der Waals surface area contributed by atoms with Crippen LogP contribution in [-0.2, 0) is 6.42 Å². The number of nitrogens with zero attached hydrogens (tertiary/aromatic N) is 5. The maximum atomic E-state index is 6.62. The van der Waals surface area contributed by atoms with E-state index < -0.39 is 0 Å². The largest absolute Gasteiger partial charge is 0.382 e. The number of hydrogen-bond acceptors (Lipinski definition) is 9. The van der Waals surface area contributed by atoms with Gasteiger partial charge in [0.15, 0.2) is 5.82 Å². The molecule has 1 fully saturated rings. The van der Waals surface area contributed by atoms with Gasteiger partial charge in [0.2, 0.25) is 0 Å². The van der Waals surface area contributed by atoms with Crippen molar-refractivity contribution in [3.8, 4) is 0 Å². The third kappa shape index (κ3) is 3.56. The van der Waals surface area contributed by atoms with Gasteiger partial charge in [0.25, 0.3) is 0 Å². The van der Waals surface area contributed by atoms with E-state index in [0.717, 1.165) is 48.8 Å². The van der Waals surface area contributed by atoms with Crippen LogP contribution in [-0.4, -0.2) is 33.0 Å². The second-order valence-corrected chi connectivity index (χ2v) is 9.49. The third-order valence-electron chi connectivity index (χ3n) is 6.34. The highest BCUT2D eigenvalue weighted by Gasteiger charge is 2.46. The van der Waals surface area contributed by atoms with Gasteiger partial charge >= 0.3 is 0 Å². The lowest BCUT2D eigenvalue weighted by molar-refractivity contribution is 0.186. The average molecular weight is 455 g/mol. The first-order chi connectivity index (χ1) is 15.0. The van der Waals surface area contributed by atoms with E-state index in [-0.39, 0.29) is 17.3 Å². The van der Waals surface area contributed by atoms with Gasteiger partial charge in [-0.05, 0) is 42.4 Å². The zero-order valence-corrected chi connectivity index (χ0v) is 18.4. The fraction of sp³-hybridized carbons (Fsp3) is 0.333. The molecular formula is C21H23ClN8S. The minimum absolute atomic E-state index is 0.0154. The summed E-state index contributed by atoms with van der Waals surface area (Å²) < 4.78 is 0. The lowest BCUT2D eigenvalue weighted by atomic mass is 9.73. The number of hydrogen-bond donors (Lipinski definition) is 3. The molecule has 0 amide bonds. The van der Waals surface area contributed by atoms with Crippen LogP contribution < -0.4 is 22.1 Å². The van der Waals surface area contributed by atoms with Crippen LogP contribution in [0.15, 0.2) is 46.7 Å². The minimum Gasteiger partial charge on any atom is -0.382 e. The number of nitrogens with two attached hydrogens (primary N) is 3. The molecule has 8 nitrogen and oxygen atoms in total. The van der Waals surface area contributed by atoms with E-state index in [2.05, 4.69) is 30.9 Å². The van der Waals surface area contributed by atoms with Gasteiger partial charge in [-0.3, -0.25) is 4.98 Å². The Bertz CT molecular complexity index is 1130. The highest BCUT2D eigenvalue weighted by atomic mass is 35.5. The maximum absolute atomic E-state index is 6.62. The molecule has 5 rings (SSSR count). The molecule has 6 N–H and O–H groups in total. The van der Waals surface area contributed by atoms with Crippen LogP contribution in [0.25, 0.3) is 0 Å². The Morgan fingerprint density at radius 2 is 1.87 bits per heavy atom. The predicted molar refractivity (Wildman–Crippen MR) is 123 cm³/mol. The second kappa shape index (κ2) is 7.81. The van der Waals surface area contributed by atoms with Gasteiger partial charge < -0.3 is 22.1 Å². The van der Waals surface area contributed by atoms with Gasteiger partial charge in [-0.25, -0.2) is 15.0 Å². The summed E-state index contributed by atoms with van der Waals surface area (Å²) in [5.74, 6) is 1.42. The number of pyridine rings is 2. The summed E-state index contributed by atoms with van der Waals surface area (Å²) in [6.07, 6.45) is 8.15. The van der Waals surface area contributed by atoms with Gasteiger partial charge in [-0.2, -0.15) is 0 Å². The first-order valence-corrected chi connectivity index (χ1v) is 11.3. The summed E-state index contributed by atoms with van der Waals surface area (Å²) in [5, 5.41) is 0.978. The zero-order valence-electron chi connectivity index (χ0n) is 16.8. The molecule has 10 heteroatoms. The number of piperidine rings is 1. The number of aromatic nitrogens is 4. The molecule has 1 aliphatic heterocycles. The monoisotopic (exact) mass is 454 g/mol. The van der Waals surface area contributed by atoms with Crippen LogP contribution in [0, 0.1) is 5.41 Å². The maximum Gasteiger partial charge on any atom is 0.158 e. The summed E-state index contributed by atoms with van der Waals surface area (Å²) in [6, 6.07) is 5.90. The normalized spacial score (nSPS) is 19.5. The van der Waals surface area contributed by atoms with Crippen LogP contribution in [0.3, 0.4) is 0 Å². The van der Waals surface area contributed by atoms with E-state index in [9.17, 15) is 0 Å². The summed E-state index contributed by atoms with van der Waals surface area (Å²) in [6.45, 7) is 1.71. The van der Waals surface area contributed by atoms with Crippen LogP contribution in [0.4, 0.5) is 17.5 Å². The van der Waals surface area contributed by atoms with Gasteiger partial charge in [0.1, 0.15) is 16.7 Å². The zero-order chi connectivity index (χ0) is 21.6. The molecule has 3 aromatic rings. The molecule has 2 aliphatic rings. The first-order valence-electron chi connectivity index (χ1n) is 10.1. The molecule has 3 aromatic heterocycles. The van der Waals surface area contributed by atoms with Crippen molar-refractivity contribution in [2.45, 2.75) is 35.2 Å². The Hall–Kier alpha value is -2.62. The molecule has 0 aromatic carbocycles. The van der Waals surface area contributed by atoms with Crippen molar-refractivity contribution >= 4 is 40.8 Å². The predicted octanol–water partition coefficient (Wildman–Crippen LogP) is 3.08. The van der Waals surface area contributed by atoms with Crippen molar-refractivity contribution < 1.29 is 0 Å². The molecule has 1 spiro atoms. The van der Waals surface area contributed by atoms with Crippen LogP contribution in [0.1, 0.15) is 30.1 Å². The molecule has 0 radical (unpaired) electrons. The smallest absolute Gasteiger partial charge is 0.158 e. The van der Waals surface area contributed by atoms with E-state index in [1.54, 1.807) is 18.5 Å². The van der Waals surface area contributed by atoms with Crippen molar-refractivity contribution in [3.63, 3.8) is 0 Å².